The first-order valence-electron chi connectivity index (χ1n) is 7.08. The molecule has 0 bridgehead atoms. The lowest BCUT2D eigenvalue weighted by Crippen LogP contribution is -2.18. The quantitative estimate of drug-likeness (QED) is 0.774. The molecule has 0 atom stereocenters. The van der Waals surface area contributed by atoms with E-state index in [9.17, 15) is 13.2 Å². The number of thiophene rings is 1. The Kier molecular flexibility index (Phi) is 4.25. The summed E-state index contributed by atoms with van der Waals surface area (Å²) in [7, 11) is -2.11. The standard InChI is InChI=1S/C16H15N3O3S2/c1-11-3-5-13(6-4-11)18-24(21,22)16-9-12(10-23-16)14-7-8-15(20)19(2)17-14/h3-10,18H,1-2H3. The van der Waals surface area contributed by atoms with Crippen molar-refractivity contribution >= 4 is 27.0 Å². The fourth-order valence-corrected chi connectivity index (χ4v) is 4.31. The lowest BCUT2D eigenvalue weighted by molar-refractivity contribution is 0.603. The van der Waals surface area contributed by atoms with E-state index in [1.54, 1.807) is 36.7 Å². The zero-order valence-electron chi connectivity index (χ0n) is 13.1. The highest BCUT2D eigenvalue weighted by Crippen LogP contribution is 2.28. The van der Waals surface area contributed by atoms with Gasteiger partial charge in [-0.25, -0.2) is 13.1 Å². The van der Waals surface area contributed by atoms with Gasteiger partial charge in [0.05, 0.1) is 5.69 Å². The number of sulfonamides is 1. The predicted octanol–water partition coefficient (Wildman–Crippen LogP) is 2.62. The normalized spacial score (nSPS) is 11.4. The largest absolute Gasteiger partial charge is 0.279 e. The van der Waals surface area contributed by atoms with E-state index in [-0.39, 0.29) is 9.77 Å². The van der Waals surface area contributed by atoms with E-state index < -0.39 is 10.0 Å². The van der Waals surface area contributed by atoms with Crippen LogP contribution in [0.15, 0.2) is 56.8 Å². The molecule has 8 heteroatoms. The van der Waals surface area contributed by atoms with E-state index in [0.717, 1.165) is 16.9 Å². The number of nitrogens with zero attached hydrogens (tertiary/aromatic N) is 2. The third kappa shape index (κ3) is 3.39. The lowest BCUT2D eigenvalue weighted by atomic mass is 10.2. The summed E-state index contributed by atoms with van der Waals surface area (Å²) in [6, 6.07) is 11.6. The SMILES string of the molecule is Cc1ccc(NS(=O)(=O)c2cc(-c3ccc(=O)n(C)n3)cs2)cc1. The molecule has 3 rings (SSSR count). The molecule has 2 aromatic heterocycles. The minimum Gasteiger partial charge on any atom is -0.279 e. The third-order valence-corrected chi connectivity index (χ3v) is 6.22. The number of hydrogen-bond acceptors (Lipinski definition) is 5. The van der Waals surface area contributed by atoms with E-state index in [1.807, 2.05) is 19.1 Å². The summed E-state index contributed by atoms with van der Waals surface area (Å²) in [5, 5.41) is 5.83. The van der Waals surface area contributed by atoms with Gasteiger partial charge in [-0.3, -0.25) is 9.52 Å². The van der Waals surface area contributed by atoms with Gasteiger partial charge in [0.25, 0.3) is 15.6 Å². The van der Waals surface area contributed by atoms with E-state index >= 15 is 0 Å². The van der Waals surface area contributed by atoms with Crippen LogP contribution in [0.1, 0.15) is 5.56 Å². The Hall–Kier alpha value is -2.45. The Bertz CT molecular complexity index is 1030. The molecule has 3 aromatic rings. The monoisotopic (exact) mass is 361 g/mol. The first kappa shape index (κ1) is 16.4. The summed E-state index contributed by atoms with van der Waals surface area (Å²) in [6.07, 6.45) is 0. The number of anilines is 1. The van der Waals surface area contributed by atoms with Gasteiger partial charge in [0.15, 0.2) is 0 Å². The molecule has 0 amide bonds. The second kappa shape index (κ2) is 6.21. The Balaban J connectivity index is 1.89. The number of nitrogens with one attached hydrogen (secondary N) is 1. The second-order valence-electron chi connectivity index (χ2n) is 5.31. The molecule has 1 aromatic carbocycles. The van der Waals surface area contributed by atoms with Crippen molar-refractivity contribution in [2.45, 2.75) is 11.1 Å². The van der Waals surface area contributed by atoms with Gasteiger partial charge < -0.3 is 0 Å². The zero-order chi connectivity index (χ0) is 17.3. The topological polar surface area (TPSA) is 81.1 Å². The van der Waals surface area contributed by atoms with Crippen LogP contribution in [0.4, 0.5) is 5.69 Å². The van der Waals surface area contributed by atoms with Crippen molar-refractivity contribution in [2.24, 2.45) is 7.05 Å². The average Bonchev–Trinajstić information content (AvgIpc) is 3.03. The van der Waals surface area contributed by atoms with Crippen molar-refractivity contribution in [2.75, 3.05) is 4.72 Å². The van der Waals surface area contributed by atoms with Crippen molar-refractivity contribution in [3.05, 3.63) is 63.8 Å². The smallest absolute Gasteiger partial charge is 0.271 e. The molecule has 0 aliphatic heterocycles. The van der Waals surface area contributed by atoms with E-state index in [4.69, 9.17) is 0 Å². The average molecular weight is 361 g/mol. The molecule has 2 heterocycles. The van der Waals surface area contributed by atoms with Crippen molar-refractivity contribution in [1.82, 2.24) is 9.78 Å². The molecule has 1 N–H and O–H groups in total. The molecule has 0 aliphatic rings. The van der Waals surface area contributed by atoms with E-state index in [0.29, 0.717) is 16.9 Å². The van der Waals surface area contributed by atoms with Gasteiger partial charge in [-0.2, -0.15) is 5.10 Å². The third-order valence-electron chi connectivity index (χ3n) is 3.40. The van der Waals surface area contributed by atoms with Crippen LogP contribution < -0.4 is 10.3 Å². The van der Waals surface area contributed by atoms with Crippen molar-refractivity contribution in [1.29, 1.82) is 0 Å². The Morgan fingerprint density at radius 3 is 2.50 bits per heavy atom. The molecule has 0 saturated carbocycles. The molecule has 124 valence electrons. The fraction of sp³-hybridized carbons (Fsp3) is 0.125. The molecule has 0 unspecified atom stereocenters. The number of aromatic nitrogens is 2. The van der Waals surface area contributed by atoms with Gasteiger partial charge in [-0.15, -0.1) is 11.3 Å². The van der Waals surface area contributed by atoms with Gasteiger partial charge in [-0.05, 0) is 31.2 Å². The van der Waals surface area contributed by atoms with Crippen LogP contribution in [0.25, 0.3) is 11.3 Å². The van der Waals surface area contributed by atoms with Gasteiger partial charge >= 0.3 is 0 Å². The van der Waals surface area contributed by atoms with Crippen molar-refractivity contribution in [3.63, 3.8) is 0 Å². The highest BCUT2D eigenvalue weighted by molar-refractivity contribution is 7.94. The molecule has 0 aliphatic carbocycles. The van der Waals surface area contributed by atoms with Gasteiger partial charge in [-0.1, -0.05) is 17.7 Å². The molecular weight excluding hydrogens is 346 g/mol. The highest BCUT2D eigenvalue weighted by atomic mass is 32.2. The maximum atomic E-state index is 12.5. The van der Waals surface area contributed by atoms with Crippen LogP contribution in [-0.2, 0) is 17.1 Å². The second-order valence-corrected chi connectivity index (χ2v) is 8.13. The molecule has 6 nitrogen and oxygen atoms in total. The van der Waals surface area contributed by atoms with Crippen LogP contribution in [0.3, 0.4) is 0 Å². The number of benzene rings is 1. The van der Waals surface area contributed by atoms with Crippen molar-refractivity contribution < 1.29 is 8.42 Å². The molecular formula is C16H15N3O3S2. The molecule has 24 heavy (non-hydrogen) atoms. The number of aryl methyl sites for hydroxylation is 2. The van der Waals surface area contributed by atoms with Crippen LogP contribution >= 0.6 is 11.3 Å². The highest BCUT2D eigenvalue weighted by Gasteiger charge is 2.18. The molecule has 0 radical (unpaired) electrons. The maximum Gasteiger partial charge on any atom is 0.271 e. The summed E-state index contributed by atoms with van der Waals surface area (Å²) in [4.78, 5) is 11.4. The molecule has 0 spiro atoms. The summed E-state index contributed by atoms with van der Waals surface area (Å²) in [5.41, 5.74) is 2.54. The van der Waals surface area contributed by atoms with Crippen LogP contribution in [-0.4, -0.2) is 18.2 Å². The summed E-state index contributed by atoms with van der Waals surface area (Å²) in [5.74, 6) is 0. The summed E-state index contributed by atoms with van der Waals surface area (Å²) < 4.78 is 28.9. The number of rotatable bonds is 4. The summed E-state index contributed by atoms with van der Waals surface area (Å²) >= 11 is 1.11. The first-order valence-corrected chi connectivity index (χ1v) is 9.44. The van der Waals surface area contributed by atoms with Crippen LogP contribution in [0, 0.1) is 6.92 Å². The van der Waals surface area contributed by atoms with Crippen LogP contribution in [0.5, 0.6) is 0 Å². The fourth-order valence-electron chi connectivity index (χ4n) is 2.08. The Labute approximate surface area is 143 Å². The van der Waals surface area contributed by atoms with Gasteiger partial charge in [0.2, 0.25) is 0 Å². The summed E-state index contributed by atoms with van der Waals surface area (Å²) in [6.45, 7) is 1.93. The zero-order valence-corrected chi connectivity index (χ0v) is 14.7. The molecule has 0 fully saturated rings. The van der Waals surface area contributed by atoms with Gasteiger partial charge in [0, 0.05) is 29.7 Å². The van der Waals surface area contributed by atoms with E-state index in [2.05, 4.69) is 9.82 Å². The van der Waals surface area contributed by atoms with E-state index in [1.165, 1.54) is 10.7 Å². The Morgan fingerprint density at radius 2 is 1.83 bits per heavy atom. The van der Waals surface area contributed by atoms with Crippen LogP contribution in [0.2, 0.25) is 0 Å². The minimum absolute atomic E-state index is 0.189. The van der Waals surface area contributed by atoms with Gasteiger partial charge in [0.1, 0.15) is 4.21 Å². The minimum atomic E-state index is -3.66. The lowest BCUT2D eigenvalue weighted by Gasteiger charge is -2.06. The predicted molar refractivity (Wildman–Crippen MR) is 94.8 cm³/mol. The Morgan fingerprint density at radius 1 is 1.12 bits per heavy atom. The number of hydrogen-bond donors (Lipinski definition) is 1. The molecule has 0 saturated heterocycles. The first-order chi connectivity index (χ1) is 11.3. The van der Waals surface area contributed by atoms with Crippen molar-refractivity contribution in [3.8, 4) is 11.3 Å². The maximum absolute atomic E-state index is 12.5.